The molecule has 7 nitrogen and oxygen atoms in total. The van der Waals surface area contributed by atoms with Gasteiger partial charge in [-0.1, -0.05) is 12.1 Å². The maximum Gasteiger partial charge on any atom is 0.294 e. The SMILES string of the molecule is COc1cccc(-c2cc(C(=O)N3N=C(C(F)F)CC3(O)C(F)F)[nH]n2)c1. The summed E-state index contributed by atoms with van der Waals surface area (Å²) < 4.78 is 57.2. The Morgan fingerprint density at radius 1 is 1.33 bits per heavy atom. The number of hydrogen-bond acceptors (Lipinski definition) is 5. The molecule has 1 amide bonds. The van der Waals surface area contributed by atoms with Crippen LogP contribution >= 0.6 is 0 Å². The van der Waals surface area contributed by atoms with E-state index in [1.807, 2.05) is 0 Å². The van der Waals surface area contributed by atoms with Crippen molar-refractivity contribution in [3.05, 3.63) is 36.0 Å². The zero-order valence-electron chi connectivity index (χ0n) is 13.9. The summed E-state index contributed by atoms with van der Waals surface area (Å²) in [5.41, 5.74) is -3.60. The van der Waals surface area contributed by atoms with Gasteiger partial charge in [-0.2, -0.15) is 15.2 Å². The second kappa shape index (κ2) is 6.99. The fourth-order valence-corrected chi connectivity index (χ4v) is 2.58. The standard InChI is InChI=1S/C16H14F4N4O3/c1-27-9-4-2-3-8(5-9)10-6-11(22-21-10)14(25)24-16(26,15(19)20)7-12(23-24)13(17)18/h2-6,13,15,26H,7H2,1H3,(H,21,22). The fraction of sp³-hybridized carbons (Fsp3) is 0.312. The van der Waals surface area contributed by atoms with Crippen molar-refractivity contribution in [2.24, 2.45) is 5.10 Å². The lowest BCUT2D eigenvalue weighted by Gasteiger charge is -2.29. The summed E-state index contributed by atoms with van der Waals surface area (Å²) in [4.78, 5) is 12.5. The smallest absolute Gasteiger partial charge is 0.294 e. The minimum atomic E-state index is -3.50. The maximum atomic E-state index is 13.2. The first-order valence-corrected chi connectivity index (χ1v) is 7.66. The molecule has 0 spiro atoms. The van der Waals surface area contributed by atoms with Gasteiger partial charge in [0.25, 0.3) is 18.8 Å². The van der Waals surface area contributed by atoms with Crippen molar-refractivity contribution in [1.82, 2.24) is 15.2 Å². The number of halogens is 4. The number of carbonyl (C=O) groups excluding carboxylic acids is 1. The molecule has 1 aliphatic rings. The van der Waals surface area contributed by atoms with Crippen LogP contribution < -0.4 is 4.74 Å². The molecule has 0 fully saturated rings. The number of alkyl halides is 4. The van der Waals surface area contributed by atoms with Crippen LogP contribution in [0.5, 0.6) is 5.75 Å². The van der Waals surface area contributed by atoms with Gasteiger partial charge in [0.1, 0.15) is 17.2 Å². The van der Waals surface area contributed by atoms with Crippen LogP contribution in [0.3, 0.4) is 0 Å². The Balaban J connectivity index is 1.92. The molecule has 1 unspecified atom stereocenters. The van der Waals surface area contributed by atoms with Gasteiger partial charge in [0.05, 0.1) is 12.8 Å². The van der Waals surface area contributed by atoms with Crippen LogP contribution in [0.2, 0.25) is 0 Å². The average Bonchev–Trinajstić information content (AvgIpc) is 3.27. The van der Waals surface area contributed by atoms with Crippen LogP contribution in [0.15, 0.2) is 35.4 Å². The molecule has 3 rings (SSSR count). The maximum absolute atomic E-state index is 13.2. The second-order valence-electron chi connectivity index (χ2n) is 5.76. The molecular weight excluding hydrogens is 372 g/mol. The lowest BCUT2D eigenvalue weighted by Crippen LogP contribution is -2.51. The van der Waals surface area contributed by atoms with E-state index < -0.39 is 36.6 Å². The summed E-state index contributed by atoms with van der Waals surface area (Å²) in [5, 5.41) is 19.5. The number of nitrogens with zero attached hydrogens (tertiary/aromatic N) is 3. The number of hydrazone groups is 1. The van der Waals surface area contributed by atoms with Gasteiger partial charge in [0.2, 0.25) is 5.72 Å². The highest BCUT2D eigenvalue weighted by Crippen LogP contribution is 2.34. The van der Waals surface area contributed by atoms with Gasteiger partial charge >= 0.3 is 0 Å². The number of methoxy groups -OCH3 is 1. The van der Waals surface area contributed by atoms with Gasteiger partial charge in [-0.25, -0.2) is 17.6 Å². The summed E-state index contributed by atoms with van der Waals surface area (Å²) in [6.45, 7) is 0. The van der Waals surface area contributed by atoms with E-state index in [-0.39, 0.29) is 16.4 Å². The molecule has 27 heavy (non-hydrogen) atoms. The van der Waals surface area contributed by atoms with Crippen LogP contribution in [0.1, 0.15) is 16.9 Å². The summed E-state index contributed by atoms with van der Waals surface area (Å²) in [7, 11) is 1.47. The van der Waals surface area contributed by atoms with Crippen molar-refractivity contribution in [3.8, 4) is 17.0 Å². The summed E-state index contributed by atoms with van der Waals surface area (Å²) >= 11 is 0. The zero-order valence-corrected chi connectivity index (χ0v) is 13.9. The quantitative estimate of drug-likeness (QED) is 0.773. The average molecular weight is 386 g/mol. The highest BCUT2D eigenvalue weighted by atomic mass is 19.3. The Bertz CT molecular complexity index is 886. The predicted molar refractivity (Wildman–Crippen MR) is 85.8 cm³/mol. The van der Waals surface area contributed by atoms with Crippen LogP contribution in [-0.4, -0.2) is 57.6 Å². The first-order chi connectivity index (χ1) is 12.8. The molecular formula is C16H14F4N4O3. The Labute approximate surface area is 150 Å². The third kappa shape index (κ3) is 3.37. The van der Waals surface area contributed by atoms with E-state index in [1.54, 1.807) is 24.3 Å². The van der Waals surface area contributed by atoms with Crippen molar-refractivity contribution in [2.75, 3.05) is 7.11 Å². The van der Waals surface area contributed by atoms with Crippen molar-refractivity contribution in [1.29, 1.82) is 0 Å². The fourth-order valence-electron chi connectivity index (χ4n) is 2.58. The van der Waals surface area contributed by atoms with E-state index in [4.69, 9.17) is 4.74 Å². The minimum absolute atomic E-state index is 0.0258. The van der Waals surface area contributed by atoms with Crippen LogP contribution in [0.25, 0.3) is 11.3 Å². The molecule has 1 atom stereocenters. The lowest BCUT2D eigenvalue weighted by atomic mass is 10.1. The van der Waals surface area contributed by atoms with Gasteiger partial charge < -0.3 is 9.84 Å². The largest absolute Gasteiger partial charge is 0.497 e. The van der Waals surface area contributed by atoms with Crippen molar-refractivity contribution < 1.29 is 32.2 Å². The Kier molecular flexibility index (Phi) is 4.87. The van der Waals surface area contributed by atoms with Crippen molar-refractivity contribution >= 4 is 11.6 Å². The first-order valence-electron chi connectivity index (χ1n) is 7.66. The van der Waals surface area contributed by atoms with Gasteiger partial charge in [-0.3, -0.25) is 9.89 Å². The van der Waals surface area contributed by atoms with E-state index in [9.17, 15) is 27.5 Å². The summed E-state index contributed by atoms with van der Waals surface area (Å²) in [5.74, 6) is -0.684. The van der Waals surface area contributed by atoms with Crippen molar-refractivity contribution in [3.63, 3.8) is 0 Å². The van der Waals surface area contributed by atoms with E-state index in [1.165, 1.54) is 13.2 Å². The molecule has 0 aliphatic carbocycles. The number of benzene rings is 1. The highest BCUT2D eigenvalue weighted by Gasteiger charge is 2.53. The predicted octanol–water partition coefficient (Wildman–Crippen LogP) is 2.51. The highest BCUT2D eigenvalue weighted by molar-refractivity contribution is 5.98. The normalized spacial score (nSPS) is 19.7. The molecule has 0 saturated heterocycles. The Morgan fingerprint density at radius 3 is 2.70 bits per heavy atom. The number of aliphatic hydroxyl groups is 1. The van der Waals surface area contributed by atoms with E-state index >= 15 is 0 Å². The minimum Gasteiger partial charge on any atom is -0.497 e. The first kappa shape index (κ1) is 18.8. The molecule has 0 saturated carbocycles. The van der Waals surface area contributed by atoms with Gasteiger partial charge in [0.15, 0.2) is 0 Å². The number of ether oxygens (including phenoxy) is 1. The molecule has 2 aromatic rings. The zero-order chi connectivity index (χ0) is 19.8. The number of nitrogens with one attached hydrogen (secondary N) is 1. The molecule has 2 N–H and O–H groups in total. The van der Waals surface area contributed by atoms with E-state index in [0.29, 0.717) is 11.3 Å². The van der Waals surface area contributed by atoms with Crippen LogP contribution in [0, 0.1) is 0 Å². The number of hydrogen-bond donors (Lipinski definition) is 2. The molecule has 11 heteroatoms. The number of aromatic amines is 1. The van der Waals surface area contributed by atoms with Crippen LogP contribution in [0.4, 0.5) is 17.6 Å². The molecule has 1 aromatic heterocycles. The molecule has 1 aliphatic heterocycles. The topological polar surface area (TPSA) is 90.8 Å². The second-order valence-corrected chi connectivity index (χ2v) is 5.76. The van der Waals surface area contributed by atoms with Crippen LogP contribution in [-0.2, 0) is 0 Å². The molecule has 144 valence electrons. The molecule has 1 aromatic carbocycles. The number of rotatable bonds is 5. The number of amides is 1. The Morgan fingerprint density at radius 2 is 2.07 bits per heavy atom. The van der Waals surface area contributed by atoms with E-state index in [2.05, 4.69) is 15.3 Å². The number of aromatic nitrogens is 2. The van der Waals surface area contributed by atoms with E-state index in [0.717, 1.165) is 0 Å². The van der Waals surface area contributed by atoms with Gasteiger partial charge in [0, 0.05) is 12.0 Å². The lowest BCUT2D eigenvalue weighted by molar-refractivity contribution is -0.164. The number of carbonyl (C=O) groups is 1. The third-order valence-corrected chi connectivity index (χ3v) is 4.00. The third-order valence-electron chi connectivity index (χ3n) is 4.00. The molecule has 0 bridgehead atoms. The molecule has 2 heterocycles. The number of H-pyrrole nitrogens is 1. The van der Waals surface area contributed by atoms with Gasteiger partial charge in [-0.15, -0.1) is 0 Å². The Hall–Kier alpha value is -2.95. The van der Waals surface area contributed by atoms with Gasteiger partial charge in [-0.05, 0) is 18.2 Å². The van der Waals surface area contributed by atoms with Crippen molar-refractivity contribution in [2.45, 2.75) is 25.0 Å². The molecule has 0 radical (unpaired) electrons. The monoisotopic (exact) mass is 386 g/mol. The summed E-state index contributed by atoms with van der Waals surface area (Å²) in [6.07, 6.45) is -7.82. The summed E-state index contributed by atoms with van der Waals surface area (Å²) in [6, 6.07) is 7.91.